The van der Waals surface area contributed by atoms with Crippen LogP contribution >= 0.6 is 11.8 Å². The van der Waals surface area contributed by atoms with Crippen LogP contribution in [0.3, 0.4) is 0 Å². The molecule has 94 valence electrons. The van der Waals surface area contributed by atoms with Crippen molar-refractivity contribution < 1.29 is 8.42 Å². The van der Waals surface area contributed by atoms with Gasteiger partial charge in [-0.2, -0.15) is 11.8 Å². The molecular formula is C10H15N3O2S2. The first kappa shape index (κ1) is 12.7. The van der Waals surface area contributed by atoms with E-state index in [0.29, 0.717) is 0 Å². The van der Waals surface area contributed by atoms with Crippen LogP contribution in [0.15, 0.2) is 23.4 Å². The minimum absolute atomic E-state index is 0.0147. The Labute approximate surface area is 105 Å². The molecule has 7 heteroatoms. The van der Waals surface area contributed by atoms with Gasteiger partial charge in [0.05, 0.1) is 5.69 Å². The van der Waals surface area contributed by atoms with Crippen molar-refractivity contribution in [2.45, 2.75) is 23.8 Å². The van der Waals surface area contributed by atoms with E-state index in [1.54, 1.807) is 0 Å². The molecule has 0 aliphatic carbocycles. The minimum atomic E-state index is -3.54. The Morgan fingerprint density at radius 3 is 2.76 bits per heavy atom. The number of nitrogens with two attached hydrogens (primary N) is 1. The summed E-state index contributed by atoms with van der Waals surface area (Å²) in [6, 6.07) is 1.51. The van der Waals surface area contributed by atoms with E-state index in [-0.39, 0.29) is 16.6 Å². The molecule has 3 N–H and O–H groups in total. The second-order valence-corrected chi connectivity index (χ2v) is 6.83. The van der Waals surface area contributed by atoms with Gasteiger partial charge in [0.2, 0.25) is 10.0 Å². The number of nitrogens with zero attached hydrogens (tertiary/aromatic N) is 1. The fourth-order valence-electron chi connectivity index (χ4n) is 1.71. The zero-order valence-corrected chi connectivity index (χ0v) is 10.9. The third-order valence-corrected chi connectivity index (χ3v) is 5.26. The third kappa shape index (κ3) is 3.11. The van der Waals surface area contributed by atoms with Gasteiger partial charge < -0.3 is 5.73 Å². The lowest BCUT2D eigenvalue weighted by Gasteiger charge is -2.22. The second-order valence-electron chi connectivity index (χ2n) is 3.92. The maximum atomic E-state index is 12.1. The van der Waals surface area contributed by atoms with Gasteiger partial charge in [0.1, 0.15) is 4.90 Å². The largest absolute Gasteiger partial charge is 0.398 e. The molecule has 0 saturated carbocycles. The number of anilines is 1. The van der Waals surface area contributed by atoms with Gasteiger partial charge in [-0.15, -0.1) is 0 Å². The quantitative estimate of drug-likeness (QED) is 0.852. The van der Waals surface area contributed by atoms with Crippen LogP contribution in [0, 0.1) is 0 Å². The number of nitrogen functional groups attached to an aromatic ring is 1. The highest BCUT2D eigenvalue weighted by Gasteiger charge is 2.23. The summed E-state index contributed by atoms with van der Waals surface area (Å²) in [5.41, 5.74) is 5.88. The fraction of sp³-hybridized carbons (Fsp3) is 0.500. The van der Waals surface area contributed by atoms with Crippen LogP contribution in [0.5, 0.6) is 0 Å². The van der Waals surface area contributed by atoms with Gasteiger partial charge in [-0.05, 0) is 30.4 Å². The zero-order valence-electron chi connectivity index (χ0n) is 9.30. The van der Waals surface area contributed by atoms with E-state index >= 15 is 0 Å². The highest BCUT2D eigenvalue weighted by molar-refractivity contribution is 7.99. The van der Waals surface area contributed by atoms with Crippen LogP contribution in [-0.2, 0) is 10.0 Å². The molecule has 1 aliphatic heterocycles. The van der Waals surface area contributed by atoms with Crippen LogP contribution < -0.4 is 10.5 Å². The molecule has 0 spiro atoms. The molecule has 17 heavy (non-hydrogen) atoms. The zero-order chi connectivity index (χ0) is 12.3. The predicted molar refractivity (Wildman–Crippen MR) is 69.3 cm³/mol. The molecule has 1 aromatic rings. The maximum absolute atomic E-state index is 12.1. The van der Waals surface area contributed by atoms with Crippen molar-refractivity contribution in [3.05, 3.63) is 18.5 Å². The van der Waals surface area contributed by atoms with E-state index in [0.717, 1.165) is 24.3 Å². The molecule has 1 aromatic heterocycles. The van der Waals surface area contributed by atoms with E-state index in [1.807, 2.05) is 11.8 Å². The number of thioether (sulfide) groups is 1. The number of nitrogens with one attached hydrogen (secondary N) is 1. The summed E-state index contributed by atoms with van der Waals surface area (Å²) in [4.78, 5) is 3.87. The minimum Gasteiger partial charge on any atom is -0.398 e. The van der Waals surface area contributed by atoms with Gasteiger partial charge >= 0.3 is 0 Å². The smallest absolute Gasteiger partial charge is 0.244 e. The number of pyridine rings is 1. The van der Waals surface area contributed by atoms with E-state index in [9.17, 15) is 8.42 Å². The van der Waals surface area contributed by atoms with Crippen LogP contribution in [-0.4, -0.2) is 30.9 Å². The molecule has 1 fully saturated rings. The lowest BCUT2D eigenvalue weighted by Crippen LogP contribution is -2.37. The van der Waals surface area contributed by atoms with Crippen molar-refractivity contribution in [3.63, 3.8) is 0 Å². The van der Waals surface area contributed by atoms with Gasteiger partial charge in [0, 0.05) is 18.4 Å². The third-order valence-electron chi connectivity index (χ3n) is 2.65. The molecule has 0 bridgehead atoms. The van der Waals surface area contributed by atoms with Gasteiger partial charge in [-0.25, -0.2) is 13.1 Å². The second kappa shape index (κ2) is 5.24. The summed E-state index contributed by atoms with van der Waals surface area (Å²) in [6.07, 6.45) is 4.50. The topological polar surface area (TPSA) is 85.1 Å². The van der Waals surface area contributed by atoms with Crippen LogP contribution in [0.25, 0.3) is 0 Å². The average Bonchev–Trinajstić information content (AvgIpc) is 2.30. The molecule has 0 radical (unpaired) electrons. The summed E-state index contributed by atoms with van der Waals surface area (Å²) >= 11 is 1.85. The molecule has 0 unspecified atom stereocenters. The van der Waals surface area contributed by atoms with Crippen molar-refractivity contribution in [1.29, 1.82) is 0 Å². The number of hydrogen-bond donors (Lipinski definition) is 2. The van der Waals surface area contributed by atoms with Crippen molar-refractivity contribution in [1.82, 2.24) is 9.71 Å². The Balaban J connectivity index is 2.16. The van der Waals surface area contributed by atoms with Crippen molar-refractivity contribution in [2.24, 2.45) is 0 Å². The van der Waals surface area contributed by atoms with Gasteiger partial charge in [-0.3, -0.25) is 4.98 Å². The molecule has 5 nitrogen and oxygen atoms in total. The van der Waals surface area contributed by atoms with Gasteiger partial charge in [-0.1, -0.05) is 0 Å². The lowest BCUT2D eigenvalue weighted by molar-refractivity contribution is 0.529. The van der Waals surface area contributed by atoms with E-state index in [2.05, 4.69) is 9.71 Å². The van der Waals surface area contributed by atoms with Crippen LogP contribution in [0.2, 0.25) is 0 Å². The number of sulfonamides is 1. The number of hydrogen-bond acceptors (Lipinski definition) is 5. The van der Waals surface area contributed by atoms with Gasteiger partial charge in [0.15, 0.2) is 0 Å². The molecule has 0 amide bonds. The number of aromatic nitrogens is 1. The summed E-state index contributed by atoms with van der Waals surface area (Å²) in [5.74, 6) is 1.99. The van der Waals surface area contributed by atoms with E-state index < -0.39 is 10.0 Å². The summed E-state index contributed by atoms with van der Waals surface area (Å²) < 4.78 is 26.9. The first-order chi connectivity index (χ1) is 8.09. The molecule has 0 atom stereocenters. The summed E-state index contributed by atoms with van der Waals surface area (Å²) in [6.45, 7) is 0. The molecule has 1 saturated heterocycles. The highest BCUT2D eigenvalue weighted by atomic mass is 32.2. The average molecular weight is 273 g/mol. The first-order valence-electron chi connectivity index (χ1n) is 5.39. The van der Waals surface area contributed by atoms with E-state index in [4.69, 9.17) is 5.73 Å². The monoisotopic (exact) mass is 273 g/mol. The van der Waals surface area contributed by atoms with Crippen molar-refractivity contribution in [3.8, 4) is 0 Å². The Hall–Kier alpha value is -0.790. The Morgan fingerprint density at radius 2 is 2.12 bits per heavy atom. The molecule has 0 aromatic carbocycles. The fourth-order valence-corrected chi connectivity index (χ4v) is 4.20. The summed E-state index contributed by atoms with van der Waals surface area (Å²) in [7, 11) is -3.54. The predicted octanol–water partition coefficient (Wildman–Crippen LogP) is 0.838. The molecule has 2 rings (SSSR count). The standard InChI is InChI=1S/C10H15N3O2S2/c11-9-1-4-12-7-10(9)17(14,15)13-8-2-5-16-6-3-8/h1,4,7-8,13H,2-3,5-6H2,(H2,11,12). The molecule has 1 aliphatic rings. The Bertz CT molecular complexity index is 484. The molecular weight excluding hydrogens is 258 g/mol. The van der Waals surface area contributed by atoms with E-state index in [1.165, 1.54) is 18.5 Å². The first-order valence-corrected chi connectivity index (χ1v) is 8.03. The molecule has 2 heterocycles. The SMILES string of the molecule is Nc1ccncc1S(=O)(=O)NC1CCSCC1. The Morgan fingerprint density at radius 1 is 1.41 bits per heavy atom. The van der Waals surface area contributed by atoms with Gasteiger partial charge in [0.25, 0.3) is 0 Å². The van der Waals surface area contributed by atoms with Crippen LogP contribution in [0.4, 0.5) is 5.69 Å². The Kier molecular flexibility index (Phi) is 3.90. The van der Waals surface area contributed by atoms with Crippen molar-refractivity contribution >= 4 is 27.5 Å². The maximum Gasteiger partial charge on any atom is 0.244 e. The number of rotatable bonds is 3. The van der Waals surface area contributed by atoms with Crippen LogP contribution in [0.1, 0.15) is 12.8 Å². The van der Waals surface area contributed by atoms with Crippen molar-refractivity contribution in [2.75, 3.05) is 17.2 Å². The lowest BCUT2D eigenvalue weighted by atomic mass is 10.2. The normalized spacial score (nSPS) is 18.1. The summed E-state index contributed by atoms with van der Waals surface area (Å²) in [5, 5.41) is 0. The highest BCUT2D eigenvalue weighted by Crippen LogP contribution is 2.21.